The van der Waals surface area contributed by atoms with E-state index in [1.807, 2.05) is 70.2 Å². The Bertz CT molecular complexity index is 1110. The lowest BCUT2D eigenvalue weighted by Crippen LogP contribution is -2.36. The van der Waals surface area contributed by atoms with Crippen LogP contribution < -0.4 is 10.1 Å². The van der Waals surface area contributed by atoms with Crippen LogP contribution >= 0.6 is 0 Å². The van der Waals surface area contributed by atoms with Crippen molar-refractivity contribution in [1.82, 2.24) is 5.32 Å². The van der Waals surface area contributed by atoms with Gasteiger partial charge >= 0.3 is 5.97 Å². The van der Waals surface area contributed by atoms with Gasteiger partial charge in [-0.25, -0.2) is 4.79 Å². The number of nitrogens with one attached hydrogen (secondary N) is 1. The number of hydrogen-bond acceptors (Lipinski definition) is 5. The number of ketones is 1. The van der Waals surface area contributed by atoms with Gasteiger partial charge in [0, 0.05) is 29.3 Å². The van der Waals surface area contributed by atoms with Crippen molar-refractivity contribution in [1.29, 1.82) is 0 Å². The first kappa shape index (κ1) is 23.8. The molecule has 0 unspecified atom stereocenters. The molecule has 1 heterocycles. The summed E-state index contributed by atoms with van der Waals surface area (Å²) in [5.41, 5.74) is 4.88. The van der Waals surface area contributed by atoms with Gasteiger partial charge < -0.3 is 14.8 Å². The molecule has 4 rings (SSSR count). The molecule has 178 valence electrons. The molecular formula is C29H33NO4. The van der Waals surface area contributed by atoms with Crippen LogP contribution in [0.5, 0.6) is 5.75 Å². The normalized spacial score (nSPS) is 21.0. The topological polar surface area (TPSA) is 64.6 Å². The van der Waals surface area contributed by atoms with Crippen molar-refractivity contribution in [3.63, 3.8) is 0 Å². The summed E-state index contributed by atoms with van der Waals surface area (Å²) >= 11 is 0. The Morgan fingerprint density at radius 1 is 1.03 bits per heavy atom. The predicted molar refractivity (Wildman–Crippen MR) is 132 cm³/mol. The molecule has 0 saturated heterocycles. The molecule has 2 aromatic carbocycles. The lowest BCUT2D eigenvalue weighted by molar-refractivity contribution is -0.144. The largest absolute Gasteiger partial charge is 0.494 e. The maximum Gasteiger partial charge on any atom is 0.337 e. The van der Waals surface area contributed by atoms with Crippen molar-refractivity contribution in [2.45, 2.75) is 64.9 Å². The third-order valence-electron chi connectivity index (χ3n) is 6.73. The summed E-state index contributed by atoms with van der Waals surface area (Å²) in [5.74, 6) is 0.110. The SMILES string of the molecule is CCOc1ccc([C@@H]2C(C(=O)O[C@H](C)CC)=C(C)NC3=C2C(=O)C[C@@H](c2ccccc2)C3)cc1. The summed E-state index contributed by atoms with van der Waals surface area (Å²) in [6.45, 7) is 8.28. The van der Waals surface area contributed by atoms with Gasteiger partial charge in [-0.3, -0.25) is 4.79 Å². The van der Waals surface area contributed by atoms with E-state index < -0.39 is 5.92 Å². The second-order valence-corrected chi connectivity index (χ2v) is 9.05. The van der Waals surface area contributed by atoms with Crippen LogP contribution in [0.3, 0.4) is 0 Å². The molecule has 2 aliphatic rings. The minimum absolute atomic E-state index is 0.0721. The molecule has 0 aromatic heterocycles. The standard InChI is InChI=1S/C29H33NO4/c1-5-18(3)34-29(32)26-19(4)30-24-16-22(20-10-8-7-9-11-20)17-25(31)28(24)27(26)21-12-14-23(15-13-21)33-6-2/h7-15,18,22,27,30H,5-6,16-17H2,1-4H3/t18-,22+,27-/m1/s1. The van der Waals surface area contributed by atoms with Gasteiger partial charge in [0.05, 0.1) is 18.3 Å². The number of carbonyl (C=O) groups is 2. The Hall–Kier alpha value is -3.34. The summed E-state index contributed by atoms with van der Waals surface area (Å²) in [6.07, 6.45) is 1.67. The van der Waals surface area contributed by atoms with Crippen LogP contribution in [0.25, 0.3) is 0 Å². The first-order valence-electron chi connectivity index (χ1n) is 12.2. The zero-order valence-corrected chi connectivity index (χ0v) is 20.4. The van der Waals surface area contributed by atoms with Crippen molar-refractivity contribution in [3.8, 4) is 5.75 Å². The molecular weight excluding hydrogens is 426 g/mol. The fourth-order valence-electron chi connectivity index (χ4n) is 4.86. The van der Waals surface area contributed by atoms with Crippen molar-refractivity contribution >= 4 is 11.8 Å². The summed E-state index contributed by atoms with van der Waals surface area (Å²) in [6, 6.07) is 17.9. The summed E-state index contributed by atoms with van der Waals surface area (Å²) in [7, 11) is 0. The van der Waals surface area contributed by atoms with Crippen LogP contribution in [-0.2, 0) is 14.3 Å². The predicted octanol–water partition coefficient (Wildman–Crippen LogP) is 5.79. The molecule has 3 atom stereocenters. The van der Waals surface area contributed by atoms with Crippen molar-refractivity contribution in [2.75, 3.05) is 6.61 Å². The molecule has 2 aromatic rings. The zero-order chi connectivity index (χ0) is 24.2. The van der Waals surface area contributed by atoms with Gasteiger partial charge in [-0.2, -0.15) is 0 Å². The van der Waals surface area contributed by atoms with Crippen LogP contribution in [0.4, 0.5) is 0 Å². The highest BCUT2D eigenvalue weighted by Gasteiger charge is 2.41. The molecule has 0 amide bonds. The molecule has 0 radical (unpaired) electrons. The second kappa shape index (κ2) is 10.3. The van der Waals surface area contributed by atoms with Crippen LogP contribution in [0, 0.1) is 0 Å². The van der Waals surface area contributed by atoms with E-state index in [9.17, 15) is 9.59 Å². The van der Waals surface area contributed by atoms with Gasteiger partial charge in [-0.15, -0.1) is 0 Å². The van der Waals surface area contributed by atoms with Gasteiger partial charge in [0.2, 0.25) is 0 Å². The van der Waals surface area contributed by atoms with Crippen molar-refractivity contribution in [2.24, 2.45) is 0 Å². The second-order valence-electron chi connectivity index (χ2n) is 9.05. The molecule has 0 fully saturated rings. The van der Waals surface area contributed by atoms with Gasteiger partial charge in [0.15, 0.2) is 5.78 Å². The third-order valence-corrected chi connectivity index (χ3v) is 6.73. The maximum absolute atomic E-state index is 13.6. The van der Waals surface area contributed by atoms with E-state index in [-0.39, 0.29) is 23.8 Å². The number of dihydropyridines is 1. The molecule has 1 aliphatic heterocycles. The van der Waals surface area contributed by atoms with E-state index in [0.717, 1.165) is 41.1 Å². The average molecular weight is 460 g/mol. The fraction of sp³-hybridized carbons (Fsp3) is 0.379. The molecule has 5 heteroatoms. The van der Waals surface area contributed by atoms with Crippen molar-refractivity contribution in [3.05, 3.63) is 88.3 Å². The molecule has 1 N–H and O–H groups in total. The number of carbonyl (C=O) groups excluding carboxylic acids is 2. The quantitative estimate of drug-likeness (QED) is 0.531. The Morgan fingerprint density at radius 2 is 1.74 bits per heavy atom. The Kier molecular flexibility index (Phi) is 7.20. The highest BCUT2D eigenvalue weighted by Crippen LogP contribution is 2.46. The average Bonchev–Trinajstić information content (AvgIpc) is 2.84. The monoisotopic (exact) mass is 459 g/mol. The fourth-order valence-corrected chi connectivity index (χ4v) is 4.86. The van der Waals surface area contributed by atoms with Crippen LogP contribution in [-0.4, -0.2) is 24.5 Å². The van der Waals surface area contributed by atoms with Crippen LogP contribution in [0.1, 0.15) is 69.9 Å². The van der Waals surface area contributed by atoms with E-state index in [1.54, 1.807) is 0 Å². The minimum atomic E-state index is -0.465. The highest BCUT2D eigenvalue weighted by molar-refractivity contribution is 6.04. The van der Waals surface area contributed by atoms with E-state index in [2.05, 4.69) is 17.4 Å². The first-order valence-corrected chi connectivity index (χ1v) is 12.2. The number of Topliss-reactive ketones (excluding diaryl/α,β-unsaturated/α-hetero) is 1. The molecule has 34 heavy (non-hydrogen) atoms. The van der Waals surface area contributed by atoms with E-state index in [1.165, 1.54) is 0 Å². The summed E-state index contributed by atoms with van der Waals surface area (Å²) < 4.78 is 11.3. The molecule has 1 aliphatic carbocycles. The molecule has 0 bridgehead atoms. The van der Waals surface area contributed by atoms with Gasteiger partial charge in [-0.05, 0) is 62.8 Å². The lowest BCUT2D eigenvalue weighted by atomic mass is 9.71. The Labute approximate surface area is 201 Å². The minimum Gasteiger partial charge on any atom is -0.494 e. The number of rotatable bonds is 7. The maximum atomic E-state index is 13.6. The molecule has 0 spiro atoms. The lowest BCUT2D eigenvalue weighted by Gasteiger charge is -2.37. The van der Waals surface area contributed by atoms with Gasteiger partial charge in [0.1, 0.15) is 5.75 Å². The highest BCUT2D eigenvalue weighted by atomic mass is 16.5. The number of esters is 1. The summed E-state index contributed by atoms with van der Waals surface area (Å²) in [5, 5.41) is 3.42. The Morgan fingerprint density at radius 3 is 2.38 bits per heavy atom. The Balaban J connectivity index is 1.76. The van der Waals surface area contributed by atoms with Crippen molar-refractivity contribution < 1.29 is 19.1 Å². The smallest absolute Gasteiger partial charge is 0.337 e. The van der Waals surface area contributed by atoms with E-state index >= 15 is 0 Å². The molecule has 5 nitrogen and oxygen atoms in total. The molecule has 0 saturated carbocycles. The van der Waals surface area contributed by atoms with Gasteiger partial charge in [0.25, 0.3) is 0 Å². The van der Waals surface area contributed by atoms with Crippen LogP contribution in [0.2, 0.25) is 0 Å². The first-order chi connectivity index (χ1) is 16.4. The number of hydrogen-bond donors (Lipinski definition) is 1. The van der Waals surface area contributed by atoms with E-state index in [4.69, 9.17) is 9.47 Å². The van der Waals surface area contributed by atoms with Gasteiger partial charge in [-0.1, -0.05) is 49.4 Å². The number of ether oxygens (including phenoxy) is 2. The number of allylic oxidation sites excluding steroid dienone is 3. The third kappa shape index (κ3) is 4.79. The van der Waals surface area contributed by atoms with E-state index in [0.29, 0.717) is 24.2 Å². The summed E-state index contributed by atoms with van der Waals surface area (Å²) in [4.78, 5) is 26.9. The zero-order valence-electron chi connectivity index (χ0n) is 20.4. The van der Waals surface area contributed by atoms with Crippen LogP contribution in [0.15, 0.2) is 77.1 Å². The number of benzene rings is 2.